The lowest BCUT2D eigenvalue weighted by atomic mass is 9.76. The first kappa shape index (κ1) is 18.1. The number of nitrogens with one attached hydrogen (secondary N) is 1. The van der Waals surface area contributed by atoms with Gasteiger partial charge in [0.25, 0.3) is 6.02 Å². The first-order chi connectivity index (χ1) is 12.5. The first-order valence-electron chi connectivity index (χ1n) is 8.69. The van der Waals surface area contributed by atoms with Crippen LogP contribution in [0.3, 0.4) is 0 Å². The molecular formula is C18H19F4N3O2. The molecule has 27 heavy (non-hydrogen) atoms. The molecular weight excluding hydrogens is 366 g/mol. The van der Waals surface area contributed by atoms with Gasteiger partial charge in [0.15, 0.2) is 0 Å². The molecule has 0 aromatic heterocycles. The molecule has 1 atom stereocenters. The lowest BCUT2D eigenvalue weighted by Crippen LogP contribution is -2.44. The van der Waals surface area contributed by atoms with Gasteiger partial charge in [-0.2, -0.15) is 13.2 Å². The van der Waals surface area contributed by atoms with E-state index in [2.05, 4.69) is 10.3 Å². The molecule has 9 heteroatoms. The van der Waals surface area contributed by atoms with Crippen molar-refractivity contribution in [2.24, 2.45) is 21.6 Å². The van der Waals surface area contributed by atoms with Crippen LogP contribution in [0.2, 0.25) is 0 Å². The predicted molar refractivity (Wildman–Crippen MR) is 89.3 cm³/mol. The summed E-state index contributed by atoms with van der Waals surface area (Å²) in [5.74, 6) is -1.67. The van der Waals surface area contributed by atoms with Crippen molar-refractivity contribution in [2.75, 3.05) is 11.9 Å². The summed E-state index contributed by atoms with van der Waals surface area (Å²) in [5.41, 5.74) is 2.22. The summed E-state index contributed by atoms with van der Waals surface area (Å²) in [7, 11) is 0. The van der Waals surface area contributed by atoms with Gasteiger partial charge in [0, 0.05) is 16.7 Å². The van der Waals surface area contributed by atoms with Gasteiger partial charge in [-0.15, -0.1) is 0 Å². The predicted octanol–water partition coefficient (Wildman–Crippen LogP) is 3.45. The van der Waals surface area contributed by atoms with Crippen molar-refractivity contribution >= 4 is 17.6 Å². The quantitative estimate of drug-likeness (QED) is 0.783. The molecule has 1 amide bonds. The van der Waals surface area contributed by atoms with E-state index in [4.69, 9.17) is 10.5 Å². The molecule has 0 radical (unpaired) electrons. The highest BCUT2D eigenvalue weighted by molar-refractivity contribution is 5.98. The molecule has 5 nitrogen and oxygen atoms in total. The monoisotopic (exact) mass is 385 g/mol. The average molecular weight is 385 g/mol. The van der Waals surface area contributed by atoms with E-state index in [0.717, 1.165) is 18.9 Å². The molecule has 3 aliphatic rings. The van der Waals surface area contributed by atoms with Crippen molar-refractivity contribution in [3.8, 4) is 0 Å². The molecule has 0 bridgehead atoms. The number of amides is 1. The van der Waals surface area contributed by atoms with E-state index in [-0.39, 0.29) is 30.1 Å². The van der Waals surface area contributed by atoms with Crippen molar-refractivity contribution in [1.29, 1.82) is 0 Å². The van der Waals surface area contributed by atoms with Crippen molar-refractivity contribution in [3.63, 3.8) is 0 Å². The SMILES string of the molecule is CC1(c2cc(NC(=O)C3(C(F)(F)F)CC3)ccc2F)N=C(N)OCC12CC2. The highest BCUT2D eigenvalue weighted by Crippen LogP contribution is 2.62. The van der Waals surface area contributed by atoms with Gasteiger partial charge >= 0.3 is 6.18 Å². The Morgan fingerprint density at radius 1 is 1.26 bits per heavy atom. The zero-order valence-corrected chi connectivity index (χ0v) is 14.6. The smallest absolute Gasteiger partial charge is 0.403 e. The van der Waals surface area contributed by atoms with E-state index >= 15 is 0 Å². The highest BCUT2D eigenvalue weighted by Gasteiger charge is 2.68. The van der Waals surface area contributed by atoms with Gasteiger partial charge in [0.05, 0.1) is 6.61 Å². The van der Waals surface area contributed by atoms with Gasteiger partial charge in [-0.05, 0) is 50.8 Å². The van der Waals surface area contributed by atoms with E-state index in [1.165, 1.54) is 12.1 Å². The maximum Gasteiger partial charge on any atom is 0.403 e. The Hall–Kier alpha value is -2.32. The van der Waals surface area contributed by atoms with E-state index in [1.807, 2.05) is 0 Å². The molecule has 1 unspecified atom stereocenters. The number of hydrogen-bond acceptors (Lipinski definition) is 4. The van der Waals surface area contributed by atoms with Gasteiger partial charge in [-0.1, -0.05) is 0 Å². The van der Waals surface area contributed by atoms with Crippen LogP contribution in [0, 0.1) is 16.6 Å². The van der Waals surface area contributed by atoms with Crippen molar-refractivity contribution in [1.82, 2.24) is 0 Å². The standard InChI is InChI=1S/C18H19F4N3O2/c1-15(16(4-5-16)9-27-14(23)25-15)11-8-10(2-3-12(11)19)24-13(26)17(6-7-17)18(20,21)22/h2-3,8H,4-7,9H2,1H3,(H2,23,25)(H,24,26). The van der Waals surface area contributed by atoms with Gasteiger partial charge in [0.1, 0.15) is 16.8 Å². The third kappa shape index (κ3) is 2.58. The van der Waals surface area contributed by atoms with Crippen LogP contribution in [0.15, 0.2) is 23.2 Å². The van der Waals surface area contributed by atoms with Crippen LogP contribution in [0.5, 0.6) is 0 Å². The Morgan fingerprint density at radius 3 is 2.48 bits per heavy atom. The normalized spacial score (nSPS) is 27.5. The van der Waals surface area contributed by atoms with Crippen LogP contribution in [-0.4, -0.2) is 24.7 Å². The van der Waals surface area contributed by atoms with Gasteiger partial charge in [-0.3, -0.25) is 4.79 Å². The van der Waals surface area contributed by atoms with Crippen LogP contribution in [0.1, 0.15) is 38.2 Å². The van der Waals surface area contributed by atoms with E-state index in [0.29, 0.717) is 6.61 Å². The molecule has 1 aromatic rings. The van der Waals surface area contributed by atoms with Crippen molar-refractivity contribution in [2.45, 2.75) is 44.3 Å². The second-order valence-electron chi connectivity index (χ2n) is 7.82. The summed E-state index contributed by atoms with van der Waals surface area (Å²) in [5, 5.41) is 2.30. The van der Waals surface area contributed by atoms with Gasteiger partial charge in [-0.25, -0.2) is 9.38 Å². The van der Waals surface area contributed by atoms with Crippen LogP contribution in [0.4, 0.5) is 23.2 Å². The zero-order chi connectivity index (χ0) is 19.7. The Kier molecular flexibility index (Phi) is 3.58. The molecule has 1 spiro atoms. The summed E-state index contributed by atoms with van der Waals surface area (Å²) in [6, 6.07) is 3.67. The number of ether oxygens (including phenoxy) is 1. The number of nitrogens with zero attached hydrogens (tertiary/aromatic N) is 1. The van der Waals surface area contributed by atoms with Crippen LogP contribution >= 0.6 is 0 Å². The minimum atomic E-state index is -4.61. The number of benzene rings is 1. The minimum Gasteiger partial charge on any atom is -0.465 e. The molecule has 2 aliphatic carbocycles. The summed E-state index contributed by atoms with van der Waals surface area (Å²) in [6.45, 7) is 2.03. The average Bonchev–Trinajstić information content (AvgIpc) is 3.46. The second kappa shape index (κ2) is 5.36. The number of hydrogen-bond donors (Lipinski definition) is 2. The largest absolute Gasteiger partial charge is 0.465 e. The minimum absolute atomic E-state index is 0.0575. The number of amidine groups is 1. The topological polar surface area (TPSA) is 76.7 Å². The summed E-state index contributed by atoms with van der Waals surface area (Å²) < 4.78 is 59.3. The number of halogens is 4. The Balaban J connectivity index is 1.67. The third-order valence-electron chi connectivity index (χ3n) is 6.19. The van der Waals surface area contributed by atoms with Crippen LogP contribution in [0.25, 0.3) is 0 Å². The molecule has 1 aromatic carbocycles. The summed E-state index contributed by atoms with van der Waals surface area (Å²) in [4.78, 5) is 16.5. The Morgan fingerprint density at radius 2 is 1.93 bits per heavy atom. The second-order valence-corrected chi connectivity index (χ2v) is 7.82. The Bertz CT molecular complexity index is 843. The fraction of sp³-hybridized carbons (Fsp3) is 0.556. The van der Waals surface area contributed by atoms with E-state index in [1.54, 1.807) is 6.92 Å². The van der Waals surface area contributed by atoms with Gasteiger partial charge in [0.2, 0.25) is 5.91 Å². The summed E-state index contributed by atoms with van der Waals surface area (Å²) in [6.07, 6.45) is -3.55. The molecule has 1 aliphatic heterocycles. The first-order valence-corrected chi connectivity index (χ1v) is 8.69. The lowest BCUT2D eigenvalue weighted by Gasteiger charge is -2.38. The number of rotatable bonds is 3. The number of carbonyl (C=O) groups excluding carboxylic acids is 1. The zero-order valence-electron chi connectivity index (χ0n) is 14.6. The molecule has 0 saturated heterocycles. The molecule has 4 rings (SSSR count). The highest BCUT2D eigenvalue weighted by atomic mass is 19.4. The fourth-order valence-corrected chi connectivity index (χ4v) is 3.84. The number of nitrogens with two attached hydrogens (primary N) is 1. The maximum absolute atomic E-state index is 14.6. The van der Waals surface area contributed by atoms with Crippen molar-refractivity contribution in [3.05, 3.63) is 29.6 Å². The van der Waals surface area contributed by atoms with E-state index < -0.39 is 34.3 Å². The molecule has 3 N–H and O–H groups in total. The van der Waals surface area contributed by atoms with Crippen LogP contribution < -0.4 is 11.1 Å². The number of aliphatic imine (C=N–C) groups is 1. The Labute approximate surface area is 153 Å². The lowest BCUT2D eigenvalue weighted by molar-refractivity contribution is -0.189. The van der Waals surface area contributed by atoms with E-state index in [9.17, 15) is 22.4 Å². The fourth-order valence-electron chi connectivity index (χ4n) is 3.84. The molecule has 2 saturated carbocycles. The number of carbonyl (C=O) groups is 1. The summed E-state index contributed by atoms with van der Waals surface area (Å²) >= 11 is 0. The van der Waals surface area contributed by atoms with Crippen molar-refractivity contribution < 1.29 is 27.1 Å². The van der Waals surface area contributed by atoms with Gasteiger partial charge < -0.3 is 15.8 Å². The number of anilines is 1. The third-order valence-corrected chi connectivity index (χ3v) is 6.19. The maximum atomic E-state index is 14.6. The number of alkyl halides is 3. The molecule has 1 heterocycles. The molecule has 2 fully saturated rings. The molecule has 146 valence electrons. The van der Waals surface area contributed by atoms with Crippen LogP contribution in [-0.2, 0) is 15.1 Å².